The highest BCUT2D eigenvalue weighted by atomic mass is 16.3. The van der Waals surface area contributed by atoms with Crippen LogP contribution in [0.5, 0.6) is 0 Å². The standard InChI is InChI=1S/C13H20N2O2/c1-2-11-7-10(9-16)8-13(14-11)15-5-3-12(17)4-6-15/h7-8,12,16-17H,2-6,9H2,1H3. The molecule has 1 aromatic heterocycles. The molecule has 0 radical (unpaired) electrons. The molecule has 0 unspecified atom stereocenters. The summed E-state index contributed by atoms with van der Waals surface area (Å²) in [6.45, 7) is 3.80. The summed E-state index contributed by atoms with van der Waals surface area (Å²) < 4.78 is 0. The zero-order valence-electron chi connectivity index (χ0n) is 10.3. The number of aliphatic hydroxyl groups excluding tert-OH is 2. The summed E-state index contributed by atoms with van der Waals surface area (Å²) in [5.41, 5.74) is 1.93. The van der Waals surface area contributed by atoms with E-state index >= 15 is 0 Å². The molecule has 2 rings (SSSR count). The van der Waals surface area contributed by atoms with Gasteiger partial charge in [-0.3, -0.25) is 0 Å². The Bertz CT molecular complexity index is 351. The molecule has 2 heterocycles. The van der Waals surface area contributed by atoms with Crippen molar-refractivity contribution in [1.82, 2.24) is 4.98 Å². The molecule has 0 aromatic carbocycles. The molecular formula is C13H20N2O2. The van der Waals surface area contributed by atoms with E-state index in [9.17, 15) is 10.2 Å². The van der Waals surface area contributed by atoms with Gasteiger partial charge in [-0.25, -0.2) is 4.98 Å². The van der Waals surface area contributed by atoms with Crippen LogP contribution in [0.3, 0.4) is 0 Å². The Labute approximate surface area is 102 Å². The highest BCUT2D eigenvalue weighted by molar-refractivity contribution is 5.43. The van der Waals surface area contributed by atoms with E-state index in [1.165, 1.54) is 0 Å². The van der Waals surface area contributed by atoms with Crippen molar-refractivity contribution in [2.45, 2.75) is 38.9 Å². The third kappa shape index (κ3) is 2.96. The summed E-state index contributed by atoms with van der Waals surface area (Å²) in [6, 6.07) is 3.89. The first-order valence-corrected chi connectivity index (χ1v) is 6.26. The molecule has 1 aliphatic heterocycles. The zero-order valence-corrected chi connectivity index (χ0v) is 10.3. The third-order valence-electron chi connectivity index (χ3n) is 3.26. The Kier molecular flexibility index (Phi) is 3.97. The van der Waals surface area contributed by atoms with Crippen molar-refractivity contribution in [3.05, 3.63) is 23.4 Å². The Morgan fingerprint density at radius 1 is 1.35 bits per heavy atom. The lowest BCUT2D eigenvalue weighted by atomic mass is 10.1. The fourth-order valence-electron chi connectivity index (χ4n) is 2.16. The average molecular weight is 236 g/mol. The van der Waals surface area contributed by atoms with Crippen LogP contribution in [0.1, 0.15) is 31.0 Å². The number of hydrogen-bond donors (Lipinski definition) is 2. The largest absolute Gasteiger partial charge is 0.393 e. The second kappa shape index (κ2) is 5.47. The van der Waals surface area contributed by atoms with E-state index in [-0.39, 0.29) is 12.7 Å². The van der Waals surface area contributed by atoms with E-state index in [1.807, 2.05) is 12.1 Å². The minimum Gasteiger partial charge on any atom is -0.393 e. The van der Waals surface area contributed by atoms with E-state index in [1.54, 1.807) is 0 Å². The van der Waals surface area contributed by atoms with Gasteiger partial charge >= 0.3 is 0 Å². The molecule has 0 atom stereocenters. The third-order valence-corrected chi connectivity index (χ3v) is 3.26. The SMILES string of the molecule is CCc1cc(CO)cc(N2CCC(O)CC2)n1. The quantitative estimate of drug-likeness (QED) is 0.825. The second-order valence-corrected chi connectivity index (χ2v) is 4.55. The maximum atomic E-state index is 9.49. The highest BCUT2D eigenvalue weighted by Gasteiger charge is 2.18. The van der Waals surface area contributed by atoms with Gasteiger partial charge in [-0.1, -0.05) is 6.92 Å². The monoisotopic (exact) mass is 236 g/mol. The topological polar surface area (TPSA) is 56.6 Å². The van der Waals surface area contributed by atoms with Gasteiger partial charge in [0.2, 0.25) is 0 Å². The van der Waals surface area contributed by atoms with Crippen LogP contribution in [0.4, 0.5) is 5.82 Å². The van der Waals surface area contributed by atoms with Crippen LogP contribution >= 0.6 is 0 Å². The van der Waals surface area contributed by atoms with Crippen LogP contribution < -0.4 is 4.90 Å². The first kappa shape index (κ1) is 12.3. The van der Waals surface area contributed by atoms with Crippen molar-refractivity contribution in [3.63, 3.8) is 0 Å². The predicted octanol–water partition coefficient (Wildman–Crippen LogP) is 1.10. The van der Waals surface area contributed by atoms with Crippen molar-refractivity contribution in [3.8, 4) is 0 Å². The van der Waals surface area contributed by atoms with E-state index < -0.39 is 0 Å². The highest BCUT2D eigenvalue weighted by Crippen LogP contribution is 2.20. The van der Waals surface area contributed by atoms with Crippen LogP contribution in [0.15, 0.2) is 12.1 Å². The van der Waals surface area contributed by atoms with Gasteiger partial charge in [0, 0.05) is 18.8 Å². The molecule has 1 saturated heterocycles. The van der Waals surface area contributed by atoms with Crippen LogP contribution in [0.2, 0.25) is 0 Å². The molecule has 1 aliphatic rings. The molecule has 0 amide bonds. The Hall–Kier alpha value is -1.13. The normalized spacial score (nSPS) is 17.5. The minimum absolute atomic E-state index is 0.0545. The fraction of sp³-hybridized carbons (Fsp3) is 0.615. The number of aliphatic hydroxyl groups is 2. The predicted molar refractivity (Wildman–Crippen MR) is 67.0 cm³/mol. The molecular weight excluding hydrogens is 216 g/mol. The maximum Gasteiger partial charge on any atom is 0.129 e. The van der Waals surface area contributed by atoms with Crippen LogP contribution in [0, 0.1) is 0 Å². The van der Waals surface area contributed by atoms with Crippen molar-refractivity contribution in [1.29, 1.82) is 0 Å². The van der Waals surface area contributed by atoms with Gasteiger partial charge in [-0.2, -0.15) is 0 Å². The first-order chi connectivity index (χ1) is 8.22. The second-order valence-electron chi connectivity index (χ2n) is 4.55. The molecule has 4 nitrogen and oxygen atoms in total. The number of hydrogen-bond acceptors (Lipinski definition) is 4. The Morgan fingerprint density at radius 3 is 2.65 bits per heavy atom. The summed E-state index contributed by atoms with van der Waals surface area (Å²) in [5.74, 6) is 0.931. The molecule has 0 aliphatic carbocycles. The molecule has 4 heteroatoms. The van der Waals surface area contributed by atoms with E-state index in [2.05, 4.69) is 16.8 Å². The van der Waals surface area contributed by atoms with Crippen molar-refractivity contribution < 1.29 is 10.2 Å². The lowest BCUT2D eigenvalue weighted by Gasteiger charge is -2.31. The van der Waals surface area contributed by atoms with Crippen LogP contribution in [0.25, 0.3) is 0 Å². The number of piperidine rings is 1. The molecule has 0 spiro atoms. The van der Waals surface area contributed by atoms with Gasteiger partial charge in [0.15, 0.2) is 0 Å². The minimum atomic E-state index is -0.169. The van der Waals surface area contributed by atoms with E-state index in [0.717, 1.165) is 49.4 Å². The molecule has 1 aromatic rings. The molecule has 0 saturated carbocycles. The summed E-state index contributed by atoms with van der Waals surface area (Å²) in [6.07, 6.45) is 2.30. The van der Waals surface area contributed by atoms with Crippen molar-refractivity contribution >= 4 is 5.82 Å². The average Bonchev–Trinajstić information content (AvgIpc) is 2.39. The van der Waals surface area contributed by atoms with Gasteiger partial charge in [0.1, 0.15) is 5.82 Å². The summed E-state index contributed by atoms with van der Waals surface area (Å²) >= 11 is 0. The van der Waals surface area contributed by atoms with Crippen LogP contribution in [-0.2, 0) is 13.0 Å². The van der Waals surface area contributed by atoms with Crippen LogP contribution in [-0.4, -0.2) is 34.4 Å². The maximum absolute atomic E-state index is 9.49. The molecule has 17 heavy (non-hydrogen) atoms. The smallest absolute Gasteiger partial charge is 0.129 e. The summed E-state index contributed by atoms with van der Waals surface area (Å²) in [7, 11) is 0. The van der Waals surface area contributed by atoms with Gasteiger partial charge in [0.25, 0.3) is 0 Å². The van der Waals surface area contributed by atoms with E-state index in [0.29, 0.717) is 0 Å². The van der Waals surface area contributed by atoms with Gasteiger partial charge in [-0.15, -0.1) is 0 Å². The van der Waals surface area contributed by atoms with E-state index in [4.69, 9.17) is 0 Å². The lowest BCUT2D eigenvalue weighted by molar-refractivity contribution is 0.145. The van der Waals surface area contributed by atoms with Crippen molar-refractivity contribution in [2.24, 2.45) is 0 Å². The Morgan fingerprint density at radius 2 is 2.06 bits per heavy atom. The number of aryl methyl sites for hydroxylation is 1. The van der Waals surface area contributed by atoms with Gasteiger partial charge < -0.3 is 15.1 Å². The molecule has 2 N–H and O–H groups in total. The number of rotatable bonds is 3. The summed E-state index contributed by atoms with van der Waals surface area (Å²) in [4.78, 5) is 6.77. The number of anilines is 1. The molecule has 94 valence electrons. The number of nitrogens with zero attached hydrogens (tertiary/aromatic N) is 2. The Balaban J connectivity index is 2.19. The number of pyridine rings is 1. The molecule has 1 fully saturated rings. The van der Waals surface area contributed by atoms with Gasteiger partial charge in [0.05, 0.1) is 12.7 Å². The number of aromatic nitrogens is 1. The first-order valence-electron chi connectivity index (χ1n) is 6.26. The van der Waals surface area contributed by atoms with Gasteiger partial charge in [-0.05, 0) is 37.0 Å². The lowest BCUT2D eigenvalue weighted by Crippen LogP contribution is -2.36. The van der Waals surface area contributed by atoms with Crippen molar-refractivity contribution in [2.75, 3.05) is 18.0 Å². The fourth-order valence-corrected chi connectivity index (χ4v) is 2.16. The zero-order chi connectivity index (χ0) is 12.3. The summed E-state index contributed by atoms with van der Waals surface area (Å²) in [5, 5.41) is 18.7. The molecule has 0 bridgehead atoms.